The topological polar surface area (TPSA) is 30.5 Å². The van der Waals surface area contributed by atoms with Crippen molar-refractivity contribution in [2.45, 2.75) is 27.0 Å². The van der Waals surface area contributed by atoms with Gasteiger partial charge in [-0.15, -0.1) is 12.4 Å². The van der Waals surface area contributed by atoms with Gasteiger partial charge in [0.2, 0.25) is 0 Å². The third-order valence-corrected chi connectivity index (χ3v) is 4.00. The first-order valence-corrected chi connectivity index (χ1v) is 8.69. The molecule has 25 heavy (non-hydrogen) atoms. The molecule has 0 aliphatic rings. The Kier molecular flexibility index (Phi) is 9.44. The lowest BCUT2D eigenvalue weighted by atomic mass is 10.1. The van der Waals surface area contributed by atoms with Gasteiger partial charge in [0, 0.05) is 11.6 Å². The van der Waals surface area contributed by atoms with E-state index in [1.165, 1.54) is 0 Å². The third kappa shape index (κ3) is 6.95. The van der Waals surface area contributed by atoms with Gasteiger partial charge < -0.3 is 14.8 Å². The van der Waals surface area contributed by atoms with Gasteiger partial charge in [-0.1, -0.05) is 49.2 Å². The van der Waals surface area contributed by atoms with Crippen LogP contribution in [0.4, 0.5) is 0 Å². The largest absolute Gasteiger partial charge is 0.493 e. The van der Waals surface area contributed by atoms with E-state index in [9.17, 15) is 0 Å². The van der Waals surface area contributed by atoms with Crippen molar-refractivity contribution in [3.8, 4) is 11.5 Å². The smallest absolute Gasteiger partial charge is 0.180 e. The van der Waals surface area contributed by atoms with Gasteiger partial charge >= 0.3 is 0 Å². The summed E-state index contributed by atoms with van der Waals surface area (Å²) in [5.41, 5.74) is 2.08. The molecule has 2 aromatic carbocycles. The van der Waals surface area contributed by atoms with Crippen molar-refractivity contribution in [3.63, 3.8) is 0 Å². The highest BCUT2D eigenvalue weighted by Crippen LogP contribution is 2.37. The summed E-state index contributed by atoms with van der Waals surface area (Å²) in [4.78, 5) is 0. The fourth-order valence-electron chi connectivity index (χ4n) is 2.26. The maximum atomic E-state index is 6.39. The van der Waals surface area contributed by atoms with Crippen LogP contribution in [0.25, 0.3) is 0 Å². The normalized spacial score (nSPS) is 10.5. The third-order valence-electron chi connectivity index (χ3n) is 3.47. The predicted molar refractivity (Wildman–Crippen MR) is 108 cm³/mol. The monoisotopic (exact) mass is 403 g/mol. The molecule has 0 saturated heterocycles. The van der Waals surface area contributed by atoms with E-state index < -0.39 is 0 Å². The Labute approximate surface area is 166 Å². The van der Waals surface area contributed by atoms with Crippen LogP contribution in [-0.4, -0.2) is 13.7 Å². The fraction of sp³-hybridized carbons (Fsp3) is 0.368. The molecule has 1 N–H and O–H groups in total. The molecule has 0 bridgehead atoms. The lowest BCUT2D eigenvalue weighted by Crippen LogP contribution is -2.19. The summed E-state index contributed by atoms with van der Waals surface area (Å²) in [6.07, 6.45) is 0. The van der Waals surface area contributed by atoms with Gasteiger partial charge in [0.25, 0.3) is 0 Å². The molecule has 0 atom stereocenters. The Balaban J connectivity index is 0.00000312. The molecular weight excluding hydrogens is 381 g/mol. The maximum absolute atomic E-state index is 6.39. The van der Waals surface area contributed by atoms with Gasteiger partial charge in [0.05, 0.1) is 12.1 Å². The highest BCUT2D eigenvalue weighted by Gasteiger charge is 2.12. The van der Waals surface area contributed by atoms with Crippen LogP contribution in [0.3, 0.4) is 0 Å². The van der Waals surface area contributed by atoms with Crippen LogP contribution in [0, 0.1) is 5.92 Å². The van der Waals surface area contributed by atoms with E-state index in [4.69, 9.17) is 32.7 Å². The number of benzene rings is 2. The minimum atomic E-state index is 0. The lowest BCUT2D eigenvalue weighted by Gasteiger charge is -2.15. The van der Waals surface area contributed by atoms with Crippen molar-refractivity contribution in [2.75, 3.05) is 13.7 Å². The van der Waals surface area contributed by atoms with Crippen LogP contribution in [0.2, 0.25) is 10.0 Å². The molecule has 0 heterocycles. The first kappa shape index (κ1) is 21.9. The second-order valence-electron chi connectivity index (χ2n) is 6.05. The Morgan fingerprint density at radius 3 is 2.32 bits per heavy atom. The minimum Gasteiger partial charge on any atom is -0.493 e. The van der Waals surface area contributed by atoms with E-state index >= 15 is 0 Å². The number of ether oxygens (including phenoxy) is 2. The van der Waals surface area contributed by atoms with E-state index in [1.54, 1.807) is 7.11 Å². The first-order chi connectivity index (χ1) is 11.5. The standard InChI is InChI=1S/C19H23Cl2NO2.ClH/c1-13(2)10-22-11-15-8-17(21)19(18(9-15)23-3)24-12-14-4-6-16(20)7-5-14;/h4-9,13,22H,10-12H2,1-3H3;1H. The number of halogens is 3. The molecule has 0 saturated carbocycles. The van der Waals surface area contributed by atoms with Gasteiger partial charge in [0.15, 0.2) is 11.5 Å². The zero-order chi connectivity index (χ0) is 17.5. The number of hydrogen-bond acceptors (Lipinski definition) is 3. The molecule has 0 amide bonds. The summed E-state index contributed by atoms with van der Waals surface area (Å²) in [6, 6.07) is 11.4. The Morgan fingerprint density at radius 1 is 1.04 bits per heavy atom. The van der Waals surface area contributed by atoms with Gasteiger partial charge in [-0.2, -0.15) is 0 Å². The summed E-state index contributed by atoms with van der Waals surface area (Å²) in [7, 11) is 1.62. The second-order valence-corrected chi connectivity index (χ2v) is 6.89. The van der Waals surface area contributed by atoms with Crippen molar-refractivity contribution in [1.29, 1.82) is 0 Å². The average molecular weight is 405 g/mol. The van der Waals surface area contributed by atoms with Crippen molar-refractivity contribution in [1.82, 2.24) is 5.32 Å². The summed E-state index contributed by atoms with van der Waals surface area (Å²) in [5, 5.41) is 4.64. The maximum Gasteiger partial charge on any atom is 0.180 e. The van der Waals surface area contributed by atoms with E-state index in [1.807, 2.05) is 36.4 Å². The van der Waals surface area contributed by atoms with E-state index in [0.717, 1.165) is 24.2 Å². The minimum absolute atomic E-state index is 0. The summed E-state index contributed by atoms with van der Waals surface area (Å²) < 4.78 is 11.3. The van der Waals surface area contributed by atoms with Crippen LogP contribution in [-0.2, 0) is 13.2 Å². The molecule has 0 radical (unpaired) electrons. The molecule has 0 unspecified atom stereocenters. The average Bonchev–Trinajstić information content (AvgIpc) is 2.54. The second kappa shape index (κ2) is 10.8. The molecule has 2 aromatic rings. The molecule has 0 fully saturated rings. The molecular formula is C19H24Cl3NO2. The fourth-order valence-corrected chi connectivity index (χ4v) is 2.67. The molecule has 3 nitrogen and oxygen atoms in total. The van der Waals surface area contributed by atoms with Crippen molar-refractivity contribution < 1.29 is 9.47 Å². The molecule has 2 rings (SSSR count). The molecule has 0 spiro atoms. The van der Waals surface area contributed by atoms with Crippen LogP contribution in [0.1, 0.15) is 25.0 Å². The summed E-state index contributed by atoms with van der Waals surface area (Å²) in [5.74, 6) is 1.80. The van der Waals surface area contributed by atoms with E-state index in [2.05, 4.69) is 19.2 Å². The zero-order valence-corrected chi connectivity index (χ0v) is 17.0. The molecule has 138 valence electrons. The number of nitrogens with one attached hydrogen (secondary N) is 1. The highest BCUT2D eigenvalue weighted by atomic mass is 35.5. The SMILES string of the molecule is COc1cc(CNCC(C)C)cc(Cl)c1OCc1ccc(Cl)cc1.Cl. The van der Waals surface area contributed by atoms with Crippen LogP contribution < -0.4 is 14.8 Å². The van der Waals surface area contributed by atoms with Crippen molar-refractivity contribution >= 4 is 35.6 Å². The van der Waals surface area contributed by atoms with E-state index in [0.29, 0.717) is 34.1 Å². The predicted octanol–water partition coefficient (Wildman–Crippen LogP) is 5.75. The van der Waals surface area contributed by atoms with Crippen LogP contribution >= 0.6 is 35.6 Å². The number of hydrogen-bond donors (Lipinski definition) is 1. The Bertz CT molecular complexity index is 660. The van der Waals surface area contributed by atoms with Crippen molar-refractivity contribution in [3.05, 3.63) is 57.6 Å². The highest BCUT2D eigenvalue weighted by molar-refractivity contribution is 6.32. The molecule has 0 aromatic heterocycles. The van der Waals surface area contributed by atoms with Gasteiger partial charge in [-0.3, -0.25) is 0 Å². The lowest BCUT2D eigenvalue weighted by molar-refractivity contribution is 0.284. The van der Waals surface area contributed by atoms with Gasteiger partial charge in [-0.25, -0.2) is 0 Å². The first-order valence-electron chi connectivity index (χ1n) is 7.94. The number of methoxy groups -OCH3 is 1. The molecule has 0 aliphatic carbocycles. The molecule has 0 aliphatic heterocycles. The quantitative estimate of drug-likeness (QED) is 0.608. The Morgan fingerprint density at radius 2 is 1.72 bits per heavy atom. The number of rotatable bonds is 8. The Hall–Kier alpha value is -1.13. The van der Waals surface area contributed by atoms with Crippen LogP contribution in [0.15, 0.2) is 36.4 Å². The summed E-state index contributed by atoms with van der Waals surface area (Å²) in [6.45, 7) is 6.45. The van der Waals surface area contributed by atoms with Gasteiger partial charge in [-0.05, 0) is 47.9 Å². The molecule has 6 heteroatoms. The van der Waals surface area contributed by atoms with Crippen molar-refractivity contribution in [2.24, 2.45) is 5.92 Å². The summed E-state index contributed by atoms with van der Waals surface area (Å²) >= 11 is 12.3. The van der Waals surface area contributed by atoms with Gasteiger partial charge in [0.1, 0.15) is 6.61 Å². The zero-order valence-electron chi connectivity index (χ0n) is 14.6. The van der Waals surface area contributed by atoms with Crippen LogP contribution in [0.5, 0.6) is 11.5 Å². The van der Waals surface area contributed by atoms with E-state index in [-0.39, 0.29) is 12.4 Å².